The van der Waals surface area contributed by atoms with Gasteiger partial charge in [-0.2, -0.15) is 0 Å². The number of halogens is 1. The van der Waals surface area contributed by atoms with Crippen LogP contribution in [0.3, 0.4) is 0 Å². The van der Waals surface area contributed by atoms with Crippen molar-refractivity contribution in [2.45, 2.75) is 18.8 Å². The van der Waals surface area contributed by atoms with Crippen molar-refractivity contribution in [2.75, 3.05) is 5.32 Å². The van der Waals surface area contributed by atoms with E-state index in [0.29, 0.717) is 10.7 Å². The lowest BCUT2D eigenvalue weighted by molar-refractivity contribution is -0.117. The predicted molar refractivity (Wildman–Crippen MR) is 120 cm³/mol. The molecule has 0 saturated heterocycles. The summed E-state index contributed by atoms with van der Waals surface area (Å²) in [6.07, 6.45) is 0.0391. The number of carbonyl (C=O) groups excluding carboxylic acids is 2. The maximum atomic E-state index is 13.8. The number of amides is 1. The maximum absolute atomic E-state index is 13.8. The van der Waals surface area contributed by atoms with Gasteiger partial charge in [-0.25, -0.2) is 0 Å². The summed E-state index contributed by atoms with van der Waals surface area (Å²) in [6, 6.07) is 24.7. The summed E-state index contributed by atoms with van der Waals surface area (Å²) in [5.41, 5.74) is 3.24. The van der Waals surface area contributed by atoms with Crippen molar-refractivity contribution in [2.24, 2.45) is 0 Å². The molecule has 1 amide bonds. The first-order chi connectivity index (χ1) is 14.5. The fourth-order valence-corrected chi connectivity index (χ4v) is 4.48. The number of aromatic nitrogens is 1. The zero-order chi connectivity index (χ0) is 20.9. The summed E-state index contributed by atoms with van der Waals surface area (Å²) in [4.78, 5) is 26.7. The van der Waals surface area contributed by atoms with E-state index in [9.17, 15) is 9.59 Å². The molecule has 4 nitrogen and oxygen atoms in total. The molecule has 4 aromatic rings. The Hall–Kier alpha value is -3.37. The number of fused-ring (bicyclic) bond motifs is 5. The fraction of sp³-hybridized carbons (Fsp3) is 0.120. The Morgan fingerprint density at radius 2 is 1.70 bits per heavy atom. The van der Waals surface area contributed by atoms with E-state index in [1.807, 2.05) is 61.5 Å². The number of para-hydroxylation sites is 1. The Labute approximate surface area is 179 Å². The molecule has 1 unspecified atom stereocenters. The predicted octanol–water partition coefficient (Wildman–Crippen LogP) is 5.90. The van der Waals surface area contributed by atoms with Gasteiger partial charge in [0.1, 0.15) is 0 Å². The van der Waals surface area contributed by atoms with E-state index >= 15 is 0 Å². The van der Waals surface area contributed by atoms with Crippen LogP contribution in [-0.4, -0.2) is 16.4 Å². The number of carbonyl (C=O) groups is 2. The third kappa shape index (κ3) is 2.84. The molecule has 0 fully saturated rings. The summed E-state index contributed by atoms with van der Waals surface area (Å²) in [5, 5.41) is 4.49. The molecule has 1 N–H and O–H groups in total. The molecule has 3 aromatic carbocycles. The molecule has 5 heteroatoms. The SMILES string of the molecule is CC1(CC(=O)Nc2ccc(Cl)cc2)C(=O)n2c(cc3ccccc32)-c2ccccc21. The molecule has 0 aliphatic carbocycles. The fourth-order valence-electron chi connectivity index (χ4n) is 4.35. The number of nitrogens with one attached hydrogen (secondary N) is 1. The highest BCUT2D eigenvalue weighted by Gasteiger charge is 2.44. The van der Waals surface area contributed by atoms with Gasteiger partial charge in [0.25, 0.3) is 0 Å². The minimum atomic E-state index is -0.984. The highest BCUT2D eigenvalue weighted by Crippen LogP contribution is 2.44. The van der Waals surface area contributed by atoms with Gasteiger partial charge in [0, 0.05) is 28.1 Å². The van der Waals surface area contributed by atoms with Gasteiger partial charge >= 0.3 is 0 Å². The standard InChI is InChI=1S/C25H19ClN2O2/c1-25(15-23(29)27-18-12-10-17(26)11-13-18)20-8-4-3-7-19(20)22-14-16-6-2-5-9-21(16)28(22)24(25)30/h2-14H,15H2,1H3,(H,27,29). The molecule has 0 spiro atoms. The van der Waals surface area contributed by atoms with Crippen LogP contribution in [0.4, 0.5) is 5.69 Å². The molecule has 1 aromatic heterocycles. The first-order valence-corrected chi connectivity index (χ1v) is 10.2. The van der Waals surface area contributed by atoms with Gasteiger partial charge in [0.2, 0.25) is 11.8 Å². The second-order valence-corrected chi connectivity index (χ2v) is 8.27. The van der Waals surface area contributed by atoms with Crippen LogP contribution in [0.1, 0.15) is 23.7 Å². The number of hydrogen-bond acceptors (Lipinski definition) is 2. The normalized spacial score (nSPS) is 17.5. The van der Waals surface area contributed by atoms with Crippen molar-refractivity contribution in [1.29, 1.82) is 0 Å². The van der Waals surface area contributed by atoms with Crippen molar-refractivity contribution >= 4 is 40.0 Å². The number of anilines is 1. The lowest BCUT2D eigenvalue weighted by Crippen LogP contribution is -2.43. The van der Waals surface area contributed by atoms with Crippen molar-refractivity contribution < 1.29 is 9.59 Å². The van der Waals surface area contributed by atoms with E-state index in [1.54, 1.807) is 28.8 Å². The van der Waals surface area contributed by atoms with Crippen LogP contribution >= 0.6 is 11.6 Å². The van der Waals surface area contributed by atoms with Crippen LogP contribution in [0, 0.1) is 0 Å². The molecule has 0 bridgehead atoms. The van der Waals surface area contributed by atoms with Gasteiger partial charge in [-0.3, -0.25) is 14.2 Å². The van der Waals surface area contributed by atoms with Crippen molar-refractivity contribution in [3.63, 3.8) is 0 Å². The van der Waals surface area contributed by atoms with Crippen LogP contribution in [0.5, 0.6) is 0 Å². The Bertz CT molecular complexity index is 1310. The van der Waals surface area contributed by atoms with Gasteiger partial charge in [0.05, 0.1) is 16.6 Å². The van der Waals surface area contributed by atoms with Crippen molar-refractivity contribution in [1.82, 2.24) is 4.57 Å². The molecule has 1 aliphatic rings. The van der Waals surface area contributed by atoms with Crippen molar-refractivity contribution in [3.05, 3.63) is 89.4 Å². The zero-order valence-corrected chi connectivity index (χ0v) is 17.1. The first-order valence-electron chi connectivity index (χ1n) is 9.78. The number of hydrogen-bond donors (Lipinski definition) is 1. The summed E-state index contributed by atoms with van der Waals surface area (Å²) >= 11 is 5.93. The number of benzene rings is 3. The van der Waals surface area contributed by atoms with Crippen LogP contribution in [0.15, 0.2) is 78.9 Å². The molecular weight excluding hydrogens is 396 g/mol. The van der Waals surface area contributed by atoms with E-state index in [-0.39, 0.29) is 18.2 Å². The van der Waals surface area contributed by atoms with E-state index in [0.717, 1.165) is 27.7 Å². The average molecular weight is 415 g/mol. The molecule has 0 radical (unpaired) electrons. The maximum Gasteiger partial charge on any atom is 0.242 e. The molecule has 0 saturated carbocycles. The van der Waals surface area contributed by atoms with Gasteiger partial charge in [0.15, 0.2) is 0 Å². The summed E-state index contributed by atoms with van der Waals surface area (Å²) in [7, 11) is 0. The molecule has 148 valence electrons. The second kappa shape index (κ2) is 6.85. The largest absolute Gasteiger partial charge is 0.326 e. The minimum Gasteiger partial charge on any atom is -0.326 e. The van der Waals surface area contributed by atoms with Crippen LogP contribution < -0.4 is 5.32 Å². The minimum absolute atomic E-state index is 0.0391. The molecule has 1 aliphatic heterocycles. The molecule has 5 rings (SSSR count). The lowest BCUT2D eigenvalue weighted by atomic mass is 9.73. The molecular formula is C25H19ClN2O2. The summed E-state index contributed by atoms with van der Waals surface area (Å²) < 4.78 is 1.76. The van der Waals surface area contributed by atoms with Gasteiger partial charge in [-0.15, -0.1) is 0 Å². The Morgan fingerprint density at radius 3 is 2.50 bits per heavy atom. The molecule has 30 heavy (non-hydrogen) atoms. The van der Waals surface area contributed by atoms with Crippen LogP contribution in [0.25, 0.3) is 22.2 Å². The average Bonchev–Trinajstić information content (AvgIpc) is 3.14. The van der Waals surface area contributed by atoms with Gasteiger partial charge < -0.3 is 5.32 Å². The van der Waals surface area contributed by atoms with Crippen molar-refractivity contribution in [3.8, 4) is 11.3 Å². The molecule has 1 atom stereocenters. The Morgan fingerprint density at radius 1 is 1.00 bits per heavy atom. The van der Waals surface area contributed by atoms with E-state index in [1.165, 1.54) is 0 Å². The van der Waals surface area contributed by atoms with Gasteiger partial charge in [-0.1, -0.05) is 54.1 Å². The quantitative estimate of drug-likeness (QED) is 0.453. The monoisotopic (exact) mass is 414 g/mol. The third-order valence-electron chi connectivity index (χ3n) is 5.83. The first kappa shape index (κ1) is 18.6. The highest BCUT2D eigenvalue weighted by molar-refractivity contribution is 6.30. The molecule has 2 heterocycles. The number of rotatable bonds is 3. The topological polar surface area (TPSA) is 51.1 Å². The smallest absolute Gasteiger partial charge is 0.242 e. The number of nitrogens with zero attached hydrogens (tertiary/aromatic N) is 1. The highest BCUT2D eigenvalue weighted by atomic mass is 35.5. The zero-order valence-electron chi connectivity index (χ0n) is 16.4. The van der Waals surface area contributed by atoms with E-state index < -0.39 is 5.41 Å². The van der Waals surface area contributed by atoms with Crippen LogP contribution in [-0.2, 0) is 10.2 Å². The lowest BCUT2D eigenvalue weighted by Gasteiger charge is -2.35. The Balaban J connectivity index is 1.58. The van der Waals surface area contributed by atoms with E-state index in [2.05, 4.69) is 5.32 Å². The van der Waals surface area contributed by atoms with Crippen LogP contribution in [0.2, 0.25) is 5.02 Å². The second-order valence-electron chi connectivity index (χ2n) is 7.84. The third-order valence-corrected chi connectivity index (χ3v) is 6.08. The summed E-state index contributed by atoms with van der Waals surface area (Å²) in [5.74, 6) is -0.313. The summed E-state index contributed by atoms with van der Waals surface area (Å²) in [6.45, 7) is 1.85. The van der Waals surface area contributed by atoms with Gasteiger partial charge in [-0.05, 0) is 48.9 Å². The Kier molecular flexibility index (Phi) is 4.26. The van der Waals surface area contributed by atoms with E-state index in [4.69, 9.17) is 11.6 Å².